The number of anilines is 1. The highest BCUT2D eigenvalue weighted by Gasteiger charge is 2.07. The van der Waals surface area contributed by atoms with Gasteiger partial charge in [-0.15, -0.1) is 0 Å². The minimum atomic E-state index is 0.397. The smallest absolute Gasteiger partial charge is 0.233 e. The van der Waals surface area contributed by atoms with Gasteiger partial charge in [0.1, 0.15) is 16.6 Å². The van der Waals surface area contributed by atoms with Gasteiger partial charge in [-0.05, 0) is 21.8 Å². The molecule has 13 heavy (non-hydrogen) atoms. The van der Waals surface area contributed by atoms with E-state index in [4.69, 9.17) is 10.5 Å². The molecule has 0 aliphatic rings. The molecule has 0 aromatic carbocycles. The van der Waals surface area contributed by atoms with Crippen LogP contribution in [0.5, 0.6) is 5.88 Å². The normalized spacial score (nSPS) is 10.5. The van der Waals surface area contributed by atoms with E-state index < -0.39 is 0 Å². The maximum Gasteiger partial charge on any atom is 0.233 e. The predicted molar refractivity (Wildman–Crippen MR) is 54.5 cm³/mol. The van der Waals surface area contributed by atoms with E-state index >= 15 is 0 Å². The van der Waals surface area contributed by atoms with Crippen molar-refractivity contribution in [2.75, 3.05) is 12.3 Å². The van der Waals surface area contributed by atoms with Crippen LogP contribution in [0.4, 0.5) is 5.82 Å². The lowest BCUT2D eigenvalue weighted by molar-refractivity contribution is 0.259. The molecule has 2 N–H and O–H groups in total. The van der Waals surface area contributed by atoms with Gasteiger partial charge in [0, 0.05) is 0 Å². The molecule has 0 saturated heterocycles. The van der Waals surface area contributed by atoms with Crippen LogP contribution in [0.2, 0.25) is 0 Å². The van der Waals surface area contributed by atoms with Crippen LogP contribution in [-0.2, 0) is 0 Å². The van der Waals surface area contributed by atoms with Gasteiger partial charge < -0.3 is 10.5 Å². The van der Waals surface area contributed by atoms with Crippen molar-refractivity contribution >= 4 is 21.7 Å². The molecule has 1 aromatic rings. The molecule has 4 nitrogen and oxygen atoms in total. The predicted octanol–water partition coefficient (Wildman–Crippen LogP) is 1.86. The summed E-state index contributed by atoms with van der Waals surface area (Å²) in [7, 11) is 0. The molecular formula is C8H12BrN3O. The van der Waals surface area contributed by atoms with Crippen molar-refractivity contribution in [2.45, 2.75) is 13.8 Å². The Labute approximate surface area is 85.7 Å². The van der Waals surface area contributed by atoms with Crippen LogP contribution in [0.1, 0.15) is 13.8 Å². The fraction of sp³-hybridized carbons (Fsp3) is 0.500. The monoisotopic (exact) mass is 245 g/mol. The third kappa shape index (κ3) is 2.84. The number of hydrogen-bond acceptors (Lipinski definition) is 4. The lowest BCUT2D eigenvalue weighted by atomic mass is 10.2. The van der Waals surface area contributed by atoms with Gasteiger partial charge in [0.2, 0.25) is 5.88 Å². The zero-order valence-corrected chi connectivity index (χ0v) is 9.21. The van der Waals surface area contributed by atoms with E-state index in [1.807, 2.05) is 0 Å². The molecule has 0 atom stereocenters. The number of aromatic nitrogens is 2. The van der Waals surface area contributed by atoms with Crippen LogP contribution in [0.15, 0.2) is 10.8 Å². The Morgan fingerprint density at radius 3 is 2.85 bits per heavy atom. The van der Waals surface area contributed by atoms with E-state index in [2.05, 4.69) is 39.7 Å². The van der Waals surface area contributed by atoms with Crippen molar-refractivity contribution in [2.24, 2.45) is 5.92 Å². The number of hydrogen-bond donors (Lipinski definition) is 1. The molecule has 0 saturated carbocycles. The average Bonchev–Trinajstić information content (AvgIpc) is 2.07. The lowest BCUT2D eigenvalue weighted by Crippen LogP contribution is -2.07. The summed E-state index contributed by atoms with van der Waals surface area (Å²) in [5.41, 5.74) is 5.55. The Hall–Kier alpha value is -0.840. The first-order valence-corrected chi connectivity index (χ1v) is 4.79. The maximum atomic E-state index is 5.55. The lowest BCUT2D eigenvalue weighted by Gasteiger charge is -2.09. The largest absolute Gasteiger partial charge is 0.476 e. The van der Waals surface area contributed by atoms with Gasteiger partial charge in [-0.2, -0.15) is 0 Å². The highest BCUT2D eigenvalue weighted by molar-refractivity contribution is 9.10. The van der Waals surface area contributed by atoms with E-state index in [-0.39, 0.29) is 0 Å². The van der Waals surface area contributed by atoms with Crippen molar-refractivity contribution in [1.82, 2.24) is 9.97 Å². The van der Waals surface area contributed by atoms with Crippen LogP contribution in [-0.4, -0.2) is 16.6 Å². The molecule has 72 valence electrons. The number of halogens is 1. The molecule has 0 spiro atoms. The summed E-state index contributed by atoms with van der Waals surface area (Å²) >= 11 is 3.26. The molecule has 0 aliphatic heterocycles. The van der Waals surface area contributed by atoms with E-state index in [1.165, 1.54) is 6.33 Å². The fourth-order valence-corrected chi connectivity index (χ4v) is 1.03. The number of nitrogen functional groups attached to an aromatic ring is 1. The van der Waals surface area contributed by atoms with E-state index in [9.17, 15) is 0 Å². The van der Waals surface area contributed by atoms with Crippen LogP contribution in [0.3, 0.4) is 0 Å². The fourth-order valence-electron chi connectivity index (χ4n) is 0.713. The zero-order chi connectivity index (χ0) is 9.84. The molecule has 0 aliphatic carbocycles. The van der Waals surface area contributed by atoms with Crippen molar-refractivity contribution in [3.05, 3.63) is 10.8 Å². The zero-order valence-electron chi connectivity index (χ0n) is 7.62. The molecule has 0 bridgehead atoms. The van der Waals surface area contributed by atoms with E-state index in [0.29, 0.717) is 28.7 Å². The Bertz CT molecular complexity index is 291. The van der Waals surface area contributed by atoms with E-state index in [0.717, 1.165) is 0 Å². The Morgan fingerprint density at radius 1 is 1.54 bits per heavy atom. The summed E-state index contributed by atoms with van der Waals surface area (Å²) in [5, 5.41) is 0. The molecule has 0 radical (unpaired) electrons. The second kappa shape index (κ2) is 4.41. The maximum absolute atomic E-state index is 5.55. The molecule has 1 rings (SSSR count). The second-order valence-corrected chi connectivity index (χ2v) is 3.88. The summed E-state index contributed by atoms with van der Waals surface area (Å²) < 4.78 is 6.02. The molecule has 0 fully saturated rings. The SMILES string of the molecule is CC(C)COc1ncnc(N)c1Br. The van der Waals surface area contributed by atoms with Gasteiger partial charge in [-0.3, -0.25) is 0 Å². The molecule has 1 aromatic heterocycles. The third-order valence-corrected chi connectivity index (χ3v) is 2.08. The van der Waals surface area contributed by atoms with Crippen LogP contribution in [0, 0.1) is 5.92 Å². The summed E-state index contributed by atoms with van der Waals surface area (Å²) in [5.74, 6) is 1.36. The highest BCUT2D eigenvalue weighted by atomic mass is 79.9. The highest BCUT2D eigenvalue weighted by Crippen LogP contribution is 2.26. The summed E-state index contributed by atoms with van der Waals surface area (Å²) in [4.78, 5) is 7.76. The van der Waals surface area contributed by atoms with Crippen LogP contribution >= 0.6 is 15.9 Å². The Balaban J connectivity index is 2.71. The van der Waals surface area contributed by atoms with Crippen molar-refractivity contribution in [1.29, 1.82) is 0 Å². The average molecular weight is 246 g/mol. The van der Waals surface area contributed by atoms with Gasteiger partial charge in [-0.1, -0.05) is 13.8 Å². The van der Waals surface area contributed by atoms with Crippen LogP contribution < -0.4 is 10.5 Å². The van der Waals surface area contributed by atoms with Crippen molar-refractivity contribution < 1.29 is 4.74 Å². The first kappa shape index (κ1) is 10.2. The van der Waals surface area contributed by atoms with Gasteiger partial charge in [0.25, 0.3) is 0 Å². The van der Waals surface area contributed by atoms with Gasteiger partial charge >= 0.3 is 0 Å². The van der Waals surface area contributed by atoms with Crippen LogP contribution in [0.25, 0.3) is 0 Å². The molecule has 5 heteroatoms. The van der Waals surface area contributed by atoms with Gasteiger partial charge in [0.15, 0.2) is 0 Å². The molecule has 1 heterocycles. The molecular weight excluding hydrogens is 234 g/mol. The van der Waals surface area contributed by atoms with E-state index in [1.54, 1.807) is 0 Å². The summed E-state index contributed by atoms with van der Waals surface area (Å²) in [6.07, 6.45) is 1.38. The minimum Gasteiger partial charge on any atom is -0.476 e. The standard InChI is InChI=1S/C8H12BrN3O/c1-5(2)3-13-8-6(9)7(10)11-4-12-8/h4-5H,3H2,1-2H3,(H2,10,11,12). The summed E-state index contributed by atoms with van der Waals surface area (Å²) in [6, 6.07) is 0. The number of rotatable bonds is 3. The van der Waals surface area contributed by atoms with Crippen molar-refractivity contribution in [3.8, 4) is 5.88 Å². The van der Waals surface area contributed by atoms with Gasteiger partial charge in [-0.25, -0.2) is 9.97 Å². The molecule has 0 amide bonds. The quantitative estimate of drug-likeness (QED) is 0.884. The number of ether oxygens (including phenoxy) is 1. The summed E-state index contributed by atoms with van der Waals surface area (Å²) in [6.45, 7) is 4.76. The number of nitrogens with zero attached hydrogens (tertiary/aromatic N) is 2. The van der Waals surface area contributed by atoms with Crippen molar-refractivity contribution in [3.63, 3.8) is 0 Å². The topological polar surface area (TPSA) is 61.0 Å². The van der Waals surface area contributed by atoms with Gasteiger partial charge in [0.05, 0.1) is 6.61 Å². The Morgan fingerprint density at radius 2 is 2.23 bits per heavy atom. The molecule has 0 unspecified atom stereocenters. The second-order valence-electron chi connectivity index (χ2n) is 3.08. The third-order valence-electron chi connectivity index (χ3n) is 1.34. The minimum absolute atomic E-state index is 0.397. The number of nitrogens with two attached hydrogens (primary N) is 1. The first-order valence-electron chi connectivity index (χ1n) is 4.00. The Kier molecular flexibility index (Phi) is 3.48. The first-order chi connectivity index (χ1) is 6.11.